The Bertz CT molecular complexity index is 469. The lowest BCUT2D eigenvalue weighted by Gasteiger charge is -2.07. The molecule has 0 aliphatic heterocycles. The molecular weight excluding hydrogens is 204 g/mol. The number of hydrogen-bond acceptors (Lipinski definition) is 4. The summed E-state index contributed by atoms with van der Waals surface area (Å²) in [5.74, 6) is 1.49. The van der Waals surface area contributed by atoms with Crippen molar-refractivity contribution in [3.8, 4) is 22.8 Å². The molecule has 0 spiro atoms. The fourth-order valence-electron chi connectivity index (χ4n) is 1.41. The quantitative estimate of drug-likeness (QED) is 0.788. The van der Waals surface area contributed by atoms with Crippen molar-refractivity contribution in [2.24, 2.45) is 0 Å². The van der Waals surface area contributed by atoms with E-state index in [0.29, 0.717) is 0 Å². The van der Waals surface area contributed by atoms with Gasteiger partial charge in [0.1, 0.15) is 11.5 Å². The van der Waals surface area contributed by atoms with Crippen LogP contribution in [0.1, 0.15) is 0 Å². The molecule has 0 amide bonds. The van der Waals surface area contributed by atoms with E-state index in [1.807, 2.05) is 12.1 Å². The monoisotopic (exact) mass is 216 g/mol. The molecule has 0 saturated carbocycles. The molecule has 4 nitrogen and oxygen atoms in total. The number of methoxy groups -OCH3 is 2. The van der Waals surface area contributed by atoms with Crippen LogP contribution in [0.5, 0.6) is 11.5 Å². The fraction of sp³-hybridized carbons (Fsp3) is 0.167. The maximum Gasteiger partial charge on any atom is 0.137 e. The SMILES string of the molecule is COc1ccc(-c2cnccc2OC)nc1. The average molecular weight is 216 g/mol. The van der Waals surface area contributed by atoms with Gasteiger partial charge in [0, 0.05) is 12.4 Å². The largest absolute Gasteiger partial charge is 0.496 e. The summed E-state index contributed by atoms with van der Waals surface area (Å²) >= 11 is 0. The normalized spacial score (nSPS) is 9.88. The van der Waals surface area contributed by atoms with Crippen molar-refractivity contribution in [1.82, 2.24) is 9.97 Å². The first-order chi connectivity index (χ1) is 7.85. The minimum Gasteiger partial charge on any atom is -0.496 e. The molecule has 0 atom stereocenters. The third kappa shape index (κ3) is 1.95. The summed E-state index contributed by atoms with van der Waals surface area (Å²) < 4.78 is 10.3. The minimum absolute atomic E-state index is 0.728. The van der Waals surface area contributed by atoms with Crippen LogP contribution in [0.2, 0.25) is 0 Å². The molecule has 0 radical (unpaired) electrons. The Kier molecular flexibility index (Phi) is 3.00. The molecule has 0 bridgehead atoms. The van der Waals surface area contributed by atoms with E-state index in [4.69, 9.17) is 9.47 Å². The van der Waals surface area contributed by atoms with Crippen molar-refractivity contribution < 1.29 is 9.47 Å². The number of nitrogens with zero attached hydrogens (tertiary/aromatic N) is 2. The zero-order valence-electron chi connectivity index (χ0n) is 9.18. The zero-order valence-corrected chi connectivity index (χ0v) is 9.18. The van der Waals surface area contributed by atoms with Gasteiger partial charge in [0.25, 0.3) is 0 Å². The van der Waals surface area contributed by atoms with Crippen LogP contribution in [0, 0.1) is 0 Å². The Labute approximate surface area is 93.9 Å². The van der Waals surface area contributed by atoms with Crippen LogP contribution in [0.15, 0.2) is 36.8 Å². The first-order valence-electron chi connectivity index (χ1n) is 4.83. The highest BCUT2D eigenvalue weighted by atomic mass is 16.5. The van der Waals surface area contributed by atoms with E-state index in [0.717, 1.165) is 22.8 Å². The molecule has 0 unspecified atom stereocenters. The van der Waals surface area contributed by atoms with Gasteiger partial charge in [0.05, 0.1) is 31.7 Å². The van der Waals surface area contributed by atoms with Crippen molar-refractivity contribution >= 4 is 0 Å². The topological polar surface area (TPSA) is 44.2 Å². The minimum atomic E-state index is 0.728. The van der Waals surface area contributed by atoms with Gasteiger partial charge in [0.2, 0.25) is 0 Å². The van der Waals surface area contributed by atoms with Gasteiger partial charge in [-0.1, -0.05) is 0 Å². The van der Waals surface area contributed by atoms with Gasteiger partial charge in [-0.25, -0.2) is 0 Å². The van der Waals surface area contributed by atoms with Crippen molar-refractivity contribution in [2.75, 3.05) is 14.2 Å². The molecule has 0 aromatic carbocycles. The highest BCUT2D eigenvalue weighted by molar-refractivity contribution is 5.65. The third-order valence-electron chi connectivity index (χ3n) is 2.25. The standard InChI is InChI=1S/C12H12N2O2/c1-15-9-3-4-11(14-7-9)10-8-13-6-5-12(10)16-2/h3-8H,1-2H3. The summed E-state index contributed by atoms with van der Waals surface area (Å²) in [7, 11) is 3.24. The summed E-state index contributed by atoms with van der Waals surface area (Å²) in [5, 5.41) is 0. The van der Waals surface area contributed by atoms with Crippen molar-refractivity contribution in [1.29, 1.82) is 0 Å². The second kappa shape index (κ2) is 4.61. The number of ether oxygens (including phenoxy) is 2. The summed E-state index contributed by atoms with van der Waals surface area (Å²) in [5.41, 5.74) is 1.68. The van der Waals surface area contributed by atoms with Crippen molar-refractivity contribution in [2.45, 2.75) is 0 Å². The average Bonchev–Trinajstić information content (AvgIpc) is 2.39. The number of hydrogen-bond donors (Lipinski definition) is 0. The lowest BCUT2D eigenvalue weighted by molar-refractivity contribution is 0.412. The molecule has 0 fully saturated rings. The second-order valence-corrected chi connectivity index (χ2v) is 3.16. The van der Waals surface area contributed by atoms with Gasteiger partial charge >= 0.3 is 0 Å². The molecule has 4 heteroatoms. The van der Waals surface area contributed by atoms with E-state index in [9.17, 15) is 0 Å². The predicted octanol–water partition coefficient (Wildman–Crippen LogP) is 2.16. The molecule has 2 aromatic rings. The van der Waals surface area contributed by atoms with Crippen LogP contribution in [0.4, 0.5) is 0 Å². The van der Waals surface area contributed by atoms with Crippen LogP contribution in [0.3, 0.4) is 0 Å². The van der Waals surface area contributed by atoms with Gasteiger partial charge < -0.3 is 9.47 Å². The van der Waals surface area contributed by atoms with Crippen LogP contribution in [-0.2, 0) is 0 Å². The smallest absolute Gasteiger partial charge is 0.137 e. The van der Waals surface area contributed by atoms with Gasteiger partial charge in [-0.2, -0.15) is 0 Å². The predicted molar refractivity (Wildman–Crippen MR) is 60.6 cm³/mol. The zero-order chi connectivity index (χ0) is 11.4. The lowest BCUT2D eigenvalue weighted by Crippen LogP contribution is -1.91. The van der Waals surface area contributed by atoms with Crippen LogP contribution < -0.4 is 9.47 Å². The molecule has 16 heavy (non-hydrogen) atoms. The summed E-state index contributed by atoms with van der Waals surface area (Å²) in [6, 6.07) is 5.54. The second-order valence-electron chi connectivity index (χ2n) is 3.16. The molecule has 0 aliphatic rings. The summed E-state index contributed by atoms with van der Waals surface area (Å²) in [6.45, 7) is 0. The van der Waals surface area contributed by atoms with E-state index in [1.54, 1.807) is 38.9 Å². The number of aromatic nitrogens is 2. The molecular formula is C12H12N2O2. The molecule has 2 rings (SSSR count). The van der Waals surface area contributed by atoms with Crippen molar-refractivity contribution in [3.63, 3.8) is 0 Å². The van der Waals surface area contributed by atoms with Crippen LogP contribution in [0.25, 0.3) is 11.3 Å². The highest BCUT2D eigenvalue weighted by Gasteiger charge is 2.06. The molecule has 2 aromatic heterocycles. The fourth-order valence-corrected chi connectivity index (χ4v) is 1.41. The maximum atomic E-state index is 5.25. The van der Waals surface area contributed by atoms with Gasteiger partial charge in [-0.05, 0) is 18.2 Å². The highest BCUT2D eigenvalue weighted by Crippen LogP contribution is 2.27. The van der Waals surface area contributed by atoms with E-state index in [2.05, 4.69) is 9.97 Å². The van der Waals surface area contributed by atoms with Gasteiger partial charge in [-0.3, -0.25) is 9.97 Å². The Morgan fingerprint density at radius 2 is 1.88 bits per heavy atom. The number of rotatable bonds is 3. The summed E-state index contributed by atoms with van der Waals surface area (Å²) in [4.78, 5) is 8.34. The van der Waals surface area contributed by atoms with E-state index in [1.165, 1.54) is 0 Å². The van der Waals surface area contributed by atoms with Gasteiger partial charge in [0.15, 0.2) is 0 Å². The van der Waals surface area contributed by atoms with Crippen LogP contribution >= 0.6 is 0 Å². The van der Waals surface area contributed by atoms with Crippen molar-refractivity contribution in [3.05, 3.63) is 36.8 Å². The first kappa shape index (κ1) is 10.4. The van der Waals surface area contributed by atoms with E-state index in [-0.39, 0.29) is 0 Å². The van der Waals surface area contributed by atoms with E-state index < -0.39 is 0 Å². The first-order valence-corrected chi connectivity index (χ1v) is 4.83. The summed E-state index contributed by atoms with van der Waals surface area (Å²) in [6.07, 6.45) is 5.08. The van der Waals surface area contributed by atoms with E-state index >= 15 is 0 Å². The molecule has 82 valence electrons. The molecule has 2 heterocycles. The number of pyridine rings is 2. The Hall–Kier alpha value is -2.10. The lowest BCUT2D eigenvalue weighted by atomic mass is 10.2. The Morgan fingerprint density at radius 1 is 1.00 bits per heavy atom. The molecule has 0 aliphatic carbocycles. The Balaban J connectivity index is 2.42. The van der Waals surface area contributed by atoms with Gasteiger partial charge in [-0.15, -0.1) is 0 Å². The molecule has 0 saturated heterocycles. The molecule has 0 N–H and O–H groups in total. The maximum absolute atomic E-state index is 5.25. The van der Waals surface area contributed by atoms with Crippen LogP contribution in [-0.4, -0.2) is 24.2 Å². The third-order valence-corrected chi connectivity index (χ3v) is 2.25. The Morgan fingerprint density at radius 3 is 2.50 bits per heavy atom.